The molecule has 1 aromatic rings. The Hall–Kier alpha value is -3.30. The molecule has 0 bridgehead atoms. The molecular formula is C32H53N3O7. The smallest absolute Gasteiger partial charge is 0.408 e. The number of nitrogens with one attached hydrogen (secondary N) is 2. The van der Waals surface area contributed by atoms with E-state index in [1.807, 2.05) is 13.8 Å². The first-order chi connectivity index (χ1) is 19.8. The van der Waals surface area contributed by atoms with Crippen LogP contribution in [0.3, 0.4) is 0 Å². The number of amides is 3. The maximum atomic E-state index is 14.4. The van der Waals surface area contributed by atoms with Gasteiger partial charge in [-0.05, 0) is 52.5 Å². The second-order valence-corrected chi connectivity index (χ2v) is 11.7. The first-order valence-electron chi connectivity index (χ1n) is 15.3. The van der Waals surface area contributed by atoms with Crippen LogP contribution in [0, 0.1) is 12.8 Å². The van der Waals surface area contributed by atoms with Crippen LogP contribution >= 0.6 is 0 Å². The van der Waals surface area contributed by atoms with Crippen LogP contribution in [0.4, 0.5) is 4.79 Å². The predicted molar refractivity (Wildman–Crippen MR) is 163 cm³/mol. The summed E-state index contributed by atoms with van der Waals surface area (Å²) in [6, 6.07) is 2.89. The molecule has 0 aliphatic rings. The molecule has 0 aliphatic carbocycles. The number of hydrogen-bond donors (Lipinski definition) is 3. The number of phenolic OH excluding ortho intramolecular Hbond substituents is 1. The van der Waals surface area contributed by atoms with Crippen LogP contribution in [0.15, 0.2) is 18.2 Å². The Morgan fingerprint density at radius 2 is 1.69 bits per heavy atom. The molecule has 0 fully saturated rings. The molecule has 42 heavy (non-hydrogen) atoms. The molecule has 0 saturated heterocycles. The number of rotatable bonds is 17. The fourth-order valence-corrected chi connectivity index (χ4v) is 4.52. The number of unbranched alkanes of at least 4 members (excludes halogenated alkanes) is 4. The molecule has 1 rings (SSSR count). The molecule has 3 atom stereocenters. The molecule has 10 heteroatoms. The zero-order valence-electron chi connectivity index (χ0n) is 26.9. The van der Waals surface area contributed by atoms with Crippen molar-refractivity contribution in [3.8, 4) is 5.75 Å². The van der Waals surface area contributed by atoms with E-state index in [2.05, 4.69) is 17.6 Å². The normalized spacial score (nSPS) is 13.4. The predicted octanol–water partition coefficient (Wildman–Crippen LogP) is 5.55. The van der Waals surface area contributed by atoms with Crippen LogP contribution in [-0.4, -0.2) is 65.2 Å². The van der Waals surface area contributed by atoms with Gasteiger partial charge < -0.3 is 30.1 Å². The van der Waals surface area contributed by atoms with E-state index in [-0.39, 0.29) is 43.3 Å². The number of para-hydroxylation sites is 1. The SMILES string of the molecule is CCCCCCCN(C(=O)C(NC(=O)OC(C)(C)C)C(C)CC)C(C(=O)NCCC(=O)OCC)c1cccc(C)c1O. The quantitative estimate of drug-likeness (QED) is 0.160. The van der Waals surface area contributed by atoms with Crippen LogP contribution < -0.4 is 10.6 Å². The molecule has 0 aliphatic heterocycles. The summed E-state index contributed by atoms with van der Waals surface area (Å²) in [5.74, 6) is -1.80. The molecule has 0 radical (unpaired) electrons. The van der Waals surface area contributed by atoms with Crippen molar-refractivity contribution in [2.24, 2.45) is 5.92 Å². The molecule has 3 unspecified atom stereocenters. The molecular weight excluding hydrogens is 538 g/mol. The number of carbonyl (C=O) groups is 4. The van der Waals surface area contributed by atoms with Gasteiger partial charge in [-0.15, -0.1) is 0 Å². The van der Waals surface area contributed by atoms with Gasteiger partial charge in [0.15, 0.2) is 0 Å². The highest BCUT2D eigenvalue weighted by atomic mass is 16.6. The van der Waals surface area contributed by atoms with E-state index in [0.29, 0.717) is 18.4 Å². The Balaban J connectivity index is 3.55. The highest BCUT2D eigenvalue weighted by Gasteiger charge is 2.39. The standard InChI is InChI=1S/C32H53N3O7/c1-9-12-13-14-15-21-35(30(39)26(22(4)10-2)34-31(40)42-32(6,7)8)27(24-18-16-17-23(5)28(24)37)29(38)33-20-19-25(36)41-11-3/h16-18,22,26-27,37H,9-15,19-21H2,1-8H3,(H,33,38)(H,34,40). The van der Waals surface area contributed by atoms with E-state index in [4.69, 9.17) is 9.47 Å². The average molecular weight is 592 g/mol. The lowest BCUT2D eigenvalue weighted by Crippen LogP contribution is -2.55. The zero-order chi connectivity index (χ0) is 31.9. The summed E-state index contributed by atoms with van der Waals surface area (Å²) in [6.45, 7) is 15.0. The molecule has 238 valence electrons. The van der Waals surface area contributed by atoms with E-state index >= 15 is 0 Å². The summed E-state index contributed by atoms with van der Waals surface area (Å²) in [5.41, 5.74) is 0.0593. The lowest BCUT2D eigenvalue weighted by atomic mass is 9.94. The van der Waals surface area contributed by atoms with E-state index in [0.717, 1.165) is 25.7 Å². The van der Waals surface area contributed by atoms with Crippen molar-refractivity contribution in [1.29, 1.82) is 0 Å². The second-order valence-electron chi connectivity index (χ2n) is 11.7. The van der Waals surface area contributed by atoms with Crippen LogP contribution in [-0.2, 0) is 23.9 Å². The summed E-state index contributed by atoms with van der Waals surface area (Å²) in [5, 5.41) is 16.6. The van der Waals surface area contributed by atoms with E-state index in [1.165, 1.54) is 4.90 Å². The van der Waals surface area contributed by atoms with E-state index in [1.54, 1.807) is 52.8 Å². The van der Waals surface area contributed by atoms with Crippen molar-refractivity contribution < 1.29 is 33.8 Å². The first-order valence-corrected chi connectivity index (χ1v) is 15.3. The van der Waals surface area contributed by atoms with Gasteiger partial charge in [0.1, 0.15) is 23.4 Å². The van der Waals surface area contributed by atoms with E-state index in [9.17, 15) is 24.3 Å². The van der Waals surface area contributed by atoms with Gasteiger partial charge in [0.2, 0.25) is 11.8 Å². The number of alkyl carbamates (subject to hydrolysis) is 1. The Morgan fingerprint density at radius 1 is 1.02 bits per heavy atom. The lowest BCUT2D eigenvalue weighted by Gasteiger charge is -2.36. The van der Waals surface area contributed by atoms with Gasteiger partial charge >= 0.3 is 12.1 Å². The number of phenols is 1. The number of esters is 1. The maximum absolute atomic E-state index is 14.4. The maximum Gasteiger partial charge on any atom is 0.408 e. The molecule has 10 nitrogen and oxygen atoms in total. The van der Waals surface area contributed by atoms with Gasteiger partial charge in [-0.1, -0.05) is 71.1 Å². The number of carbonyl (C=O) groups excluding carboxylic acids is 4. The van der Waals surface area contributed by atoms with Gasteiger partial charge in [-0.2, -0.15) is 0 Å². The fourth-order valence-electron chi connectivity index (χ4n) is 4.52. The molecule has 1 aromatic carbocycles. The molecule has 3 amide bonds. The summed E-state index contributed by atoms with van der Waals surface area (Å²) < 4.78 is 10.4. The number of benzene rings is 1. The Kier molecular flexibility index (Phi) is 16.0. The van der Waals surface area contributed by atoms with Gasteiger partial charge in [-0.3, -0.25) is 14.4 Å². The van der Waals surface area contributed by atoms with Gasteiger partial charge in [0.25, 0.3) is 0 Å². The number of aryl methyl sites for hydroxylation is 1. The fraction of sp³-hybridized carbons (Fsp3) is 0.688. The molecule has 0 aromatic heterocycles. The van der Waals surface area contributed by atoms with Gasteiger partial charge in [0.05, 0.1) is 13.0 Å². The van der Waals surface area contributed by atoms with Crippen molar-refractivity contribution in [2.45, 2.75) is 118 Å². The third-order valence-electron chi connectivity index (χ3n) is 6.99. The zero-order valence-corrected chi connectivity index (χ0v) is 26.9. The minimum atomic E-state index is -1.20. The number of ether oxygens (including phenoxy) is 2. The van der Waals surface area contributed by atoms with Crippen LogP contribution in [0.5, 0.6) is 5.75 Å². The largest absolute Gasteiger partial charge is 0.507 e. The molecule has 0 spiro atoms. The van der Waals surface area contributed by atoms with Crippen molar-refractivity contribution in [3.63, 3.8) is 0 Å². The van der Waals surface area contributed by atoms with Crippen molar-refractivity contribution in [1.82, 2.24) is 15.5 Å². The van der Waals surface area contributed by atoms with Crippen LogP contribution in [0.25, 0.3) is 0 Å². The summed E-state index contributed by atoms with van der Waals surface area (Å²) in [6.07, 6.45) is 4.40. The van der Waals surface area contributed by atoms with Crippen LogP contribution in [0.1, 0.15) is 111 Å². The average Bonchev–Trinajstić information content (AvgIpc) is 2.91. The topological polar surface area (TPSA) is 134 Å². The molecule has 0 saturated carbocycles. The lowest BCUT2D eigenvalue weighted by molar-refractivity contribution is -0.145. The summed E-state index contributed by atoms with van der Waals surface area (Å²) in [7, 11) is 0. The van der Waals surface area contributed by atoms with Crippen molar-refractivity contribution in [2.75, 3.05) is 19.7 Å². The third-order valence-corrected chi connectivity index (χ3v) is 6.99. The van der Waals surface area contributed by atoms with Crippen LogP contribution in [0.2, 0.25) is 0 Å². The first kappa shape index (κ1) is 36.7. The van der Waals surface area contributed by atoms with Crippen molar-refractivity contribution >= 4 is 23.9 Å². The molecule has 0 heterocycles. The Bertz CT molecular complexity index is 1020. The number of aromatic hydroxyl groups is 1. The highest BCUT2D eigenvalue weighted by molar-refractivity contribution is 5.93. The van der Waals surface area contributed by atoms with Gasteiger partial charge in [-0.25, -0.2) is 4.79 Å². The van der Waals surface area contributed by atoms with E-state index < -0.39 is 41.6 Å². The third kappa shape index (κ3) is 12.3. The number of hydrogen-bond acceptors (Lipinski definition) is 7. The summed E-state index contributed by atoms with van der Waals surface area (Å²) >= 11 is 0. The van der Waals surface area contributed by atoms with Gasteiger partial charge in [0, 0.05) is 18.7 Å². The Labute approximate surface area is 251 Å². The highest BCUT2D eigenvalue weighted by Crippen LogP contribution is 2.33. The second kappa shape index (κ2) is 18.3. The molecule has 3 N–H and O–H groups in total. The monoisotopic (exact) mass is 591 g/mol. The van der Waals surface area contributed by atoms with Crippen molar-refractivity contribution in [3.05, 3.63) is 29.3 Å². The minimum absolute atomic E-state index is 0.00419. The Morgan fingerprint density at radius 3 is 2.29 bits per heavy atom. The number of nitrogens with zero attached hydrogens (tertiary/aromatic N) is 1. The summed E-state index contributed by atoms with van der Waals surface area (Å²) in [4.78, 5) is 54.4. The minimum Gasteiger partial charge on any atom is -0.507 e.